The van der Waals surface area contributed by atoms with Gasteiger partial charge >= 0.3 is 0 Å². The minimum atomic E-state index is 0.449. The molecule has 0 aliphatic carbocycles. The average Bonchev–Trinajstić information content (AvgIpc) is 1.90. The van der Waals surface area contributed by atoms with Crippen molar-refractivity contribution in [3.63, 3.8) is 0 Å². The Hall–Kier alpha value is -0.770. The summed E-state index contributed by atoms with van der Waals surface area (Å²) in [6, 6.07) is 0. The molecule has 0 unspecified atom stereocenters. The van der Waals surface area contributed by atoms with E-state index in [0.29, 0.717) is 12.6 Å². The monoisotopic (exact) mass is 128 g/mol. The lowest BCUT2D eigenvalue weighted by molar-refractivity contribution is 0.519. The molecule has 0 saturated carbocycles. The normalized spacial score (nSPS) is 18.3. The fourth-order valence-electron chi connectivity index (χ4n) is 0.600. The van der Waals surface area contributed by atoms with Crippen LogP contribution in [0, 0.1) is 5.92 Å². The number of amidine groups is 1. The number of nitrogens with one attached hydrogen (secondary N) is 3. The molecule has 3 N–H and O–H groups in total. The van der Waals surface area contributed by atoms with Gasteiger partial charge in [-0.25, -0.2) is 5.43 Å². The van der Waals surface area contributed by atoms with E-state index in [1.807, 2.05) is 0 Å². The van der Waals surface area contributed by atoms with Crippen molar-refractivity contribution in [3.05, 3.63) is 0 Å². The molecule has 9 heavy (non-hydrogen) atoms. The van der Waals surface area contributed by atoms with Crippen LogP contribution in [-0.4, -0.2) is 12.5 Å². The highest BCUT2D eigenvalue weighted by Crippen LogP contribution is 1.92. The summed E-state index contributed by atoms with van der Waals surface area (Å²) in [4.78, 5) is 0. The lowest BCUT2D eigenvalue weighted by Gasteiger charge is -2.18. The lowest BCUT2D eigenvalue weighted by atomic mass is 10.2. The zero-order chi connectivity index (χ0) is 6.69. The average molecular weight is 128 g/mol. The van der Waals surface area contributed by atoms with Crippen LogP contribution in [0.1, 0.15) is 13.8 Å². The fraction of sp³-hybridized carbons (Fsp3) is 0.800. The second-order valence-electron chi connectivity index (χ2n) is 2.29. The number of hydrogen-bond acceptors (Lipinski definition) is 4. The quantitative estimate of drug-likeness (QED) is 0.451. The molecule has 52 valence electrons. The summed E-state index contributed by atoms with van der Waals surface area (Å²) >= 11 is 0. The molecule has 4 nitrogen and oxygen atoms in total. The standard InChI is InChI=1S/C5H12N4/c1-4(2)5-8-6-3-7-9-5/h4,6-7H,3H2,1-2H3,(H,8,9). The van der Waals surface area contributed by atoms with Crippen molar-refractivity contribution < 1.29 is 0 Å². The molecule has 0 atom stereocenters. The van der Waals surface area contributed by atoms with E-state index < -0.39 is 0 Å². The van der Waals surface area contributed by atoms with Gasteiger partial charge in [-0.2, -0.15) is 5.10 Å². The topological polar surface area (TPSA) is 48.5 Å². The molecular weight excluding hydrogens is 116 g/mol. The maximum Gasteiger partial charge on any atom is 0.139 e. The van der Waals surface area contributed by atoms with E-state index in [2.05, 4.69) is 35.2 Å². The number of nitrogens with zero attached hydrogens (tertiary/aromatic N) is 1. The van der Waals surface area contributed by atoms with Gasteiger partial charge in [-0.3, -0.25) is 5.43 Å². The minimum absolute atomic E-state index is 0.449. The summed E-state index contributed by atoms with van der Waals surface area (Å²) in [7, 11) is 0. The van der Waals surface area contributed by atoms with Crippen LogP contribution in [0.5, 0.6) is 0 Å². The largest absolute Gasteiger partial charge is 0.306 e. The maximum absolute atomic E-state index is 4.02. The zero-order valence-electron chi connectivity index (χ0n) is 5.73. The first kappa shape index (κ1) is 6.35. The van der Waals surface area contributed by atoms with Gasteiger partial charge in [-0.15, -0.1) is 0 Å². The molecule has 1 aliphatic heterocycles. The Kier molecular flexibility index (Phi) is 1.89. The molecule has 0 aromatic rings. The van der Waals surface area contributed by atoms with E-state index in [4.69, 9.17) is 0 Å². The van der Waals surface area contributed by atoms with Crippen LogP contribution < -0.4 is 16.3 Å². The first-order valence-corrected chi connectivity index (χ1v) is 3.10. The Balaban J connectivity index is 2.46. The molecule has 0 aromatic heterocycles. The number of rotatable bonds is 1. The predicted molar refractivity (Wildman–Crippen MR) is 36.5 cm³/mol. The molecule has 0 saturated heterocycles. The molecule has 0 amide bonds. The van der Waals surface area contributed by atoms with Gasteiger partial charge < -0.3 is 5.43 Å². The molecule has 0 aromatic carbocycles. The van der Waals surface area contributed by atoms with Gasteiger partial charge in [-0.05, 0) is 0 Å². The van der Waals surface area contributed by atoms with Gasteiger partial charge in [0, 0.05) is 5.92 Å². The lowest BCUT2D eigenvalue weighted by Crippen LogP contribution is -2.49. The van der Waals surface area contributed by atoms with Crippen molar-refractivity contribution >= 4 is 5.84 Å². The van der Waals surface area contributed by atoms with Crippen molar-refractivity contribution in [1.82, 2.24) is 16.3 Å². The fourth-order valence-corrected chi connectivity index (χ4v) is 0.600. The smallest absolute Gasteiger partial charge is 0.139 e. The number of hydrazone groups is 1. The van der Waals surface area contributed by atoms with Crippen LogP contribution in [0.2, 0.25) is 0 Å². The summed E-state index contributed by atoms with van der Waals surface area (Å²) in [5, 5.41) is 4.02. The molecule has 0 fully saturated rings. The zero-order valence-corrected chi connectivity index (χ0v) is 5.73. The molecule has 1 heterocycles. The third-order valence-corrected chi connectivity index (χ3v) is 1.13. The minimum Gasteiger partial charge on any atom is -0.306 e. The summed E-state index contributed by atoms with van der Waals surface area (Å²) in [5.41, 5.74) is 8.71. The Bertz CT molecular complexity index is 118. The third-order valence-electron chi connectivity index (χ3n) is 1.13. The van der Waals surface area contributed by atoms with Crippen LogP contribution in [0.15, 0.2) is 5.10 Å². The van der Waals surface area contributed by atoms with Crippen LogP contribution in [-0.2, 0) is 0 Å². The van der Waals surface area contributed by atoms with Crippen LogP contribution in [0.25, 0.3) is 0 Å². The van der Waals surface area contributed by atoms with Crippen molar-refractivity contribution in [2.75, 3.05) is 6.67 Å². The van der Waals surface area contributed by atoms with Gasteiger partial charge in [-0.1, -0.05) is 13.8 Å². The van der Waals surface area contributed by atoms with Gasteiger partial charge in [0.25, 0.3) is 0 Å². The highest BCUT2D eigenvalue weighted by atomic mass is 15.5. The first-order valence-electron chi connectivity index (χ1n) is 3.10. The highest BCUT2D eigenvalue weighted by molar-refractivity contribution is 5.83. The molecule has 4 heteroatoms. The number of hydrazine groups is 1. The van der Waals surface area contributed by atoms with Crippen molar-refractivity contribution in [3.8, 4) is 0 Å². The highest BCUT2D eigenvalue weighted by Gasteiger charge is 2.05. The van der Waals surface area contributed by atoms with E-state index in [1.54, 1.807) is 0 Å². The van der Waals surface area contributed by atoms with E-state index in [1.165, 1.54) is 0 Å². The molecule has 1 rings (SSSR count). The van der Waals surface area contributed by atoms with E-state index in [-0.39, 0.29) is 0 Å². The van der Waals surface area contributed by atoms with Gasteiger partial charge in [0.15, 0.2) is 0 Å². The molecule has 0 spiro atoms. The van der Waals surface area contributed by atoms with Crippen LogP contribution in [0.4, 0.5) is 0 Å². The Labute approximate surface area is 54.7 Å². The van der Waals surface area contributed by atoms with Crippen molar-refractivity contribution in [1.29, 1.82) is 0 Å². The first-order chi connectivity index (χ1) is 4.30. The van der Waals surface area contributed by atoms with E-state index in [9.17, 15) is 0 Å². The molecule has 0 bridgehead atoms. The second kappa shape index (κ2) is 2.68. The van der Waals surface area contributed by atoms with E-state index in [0.717, 1.165) is 5.84 Å². The van der Waals surface area contributed by atoms with Crippen LogP contribution in [0.3, 0.4) is 0 Å². The SMILES string of the molecule is CC(C)C1=NNCNN1. The summed E-state index contributed by atoms with van der Waals surface area (Å²) in [6.45, 7) is 4.86. The Morgan fingerprint density at radius 1 is 1.56 bits per heavy atom. The van der Waals surface area contributed by atoms with Crippen molar-refractivity contribution in [2.24, 2.45) is 11.0 Å². The Morgan fingerprint density at radius 3 is 2.67 bits per heavy atom. The summed E-state index contributed by atoms with van der Waals surface area (Å²) in [5.74, 6) is 1.41. The van der Waals surface area contributed by atoms with Gasteiger partial charge in [0.1, 0.15) is 5.84 Å². The van der Waals surface area contributed by atoms with Gasteiger partial charge in [0.05, 0.1) is 6.67 Å². The Morgan fingerprint density at radius 2 is 2.33 bits per heavy atom. The third kappa shape index (κ3) is 1.57. The molecule has 0 radical (unpaired) electrons. The number of hydrogen-bond donors (Lipinski definition) is 3. The second-order valence-corrected chi connectivity index (χ2v) is 2.29. The van der Waals surface area contributed by atoms with E-state index >= 15 is 0 Å². The van der Waals surface area contributed by atoms with Crippen molar-refractivity contribution in [2.45, 2.75) is 13.8 Å². The summed E-state index contributed by atoms with van der Waals surface area (Å²) in [6.07, 6.45) is 0. The predicted octanol–water partition coefficient (Wildman–Crippen LogP) is -0.389. The van der Waals surface area contributed by atoms with Gasteiger partial charge in [0.2, 0.25) is 0 Å². The molecule has 1 aliphatic rings. The summed E-state index contributed by atoms with van der Waals surface area (Å²) < 4.78 is 0. The van der Waals surface area contributed by atoms with Crippen LogP contribution >= 0.6 is 0 Å². The molecular formula is C5H12N4. The maximum atomic E-state index is 4.02.